The first-order valence-electron chi connectivity index (χ1n) is 7.00. The molecule has 0 radical (unpaired) electrons. The largest absolute Gasteiger partial charge is 0.268 e. The monoisotopic (exact) mass is 448 g/mol. The standard InChI is InChI=1S/C18H14Br2N2O2/c19-15-5-1-3-13(11-15)7-9-17(23)21-22-18(24)10-8-14-4-2-6-16(20)12-14/h1-12H,(H,21,23)(H,22,24)/b9-7+,10-8+. The molecule has 0 heterocycles. The number of benzene rings is 2. The highest BCUT2D eigenvalue weighted by molar-refractivity contribution is 9.10. The van der Waals surface area contributed by atoms with Gasteiger partial charge in [0.25, 0.3) is 11.8 Å². The Bertz CT molecular complexity index is 734. The van der Waals surface area contributed by atoms with Gasteiger partial charge >= 0.3 is 0 Å². The van der Waals surface area contributed by atoms with Crippen molar-refractivity contribution in [3.05, 3.63) is 80.8 Å². The number of hydrazine groups is 1. The van der Waals surface area contributed by atoms with E-state index < -0.39 is 11.8 Å². The third kappa shape index (κ3) is 6.52. The predicted octanol–water partition coefficient (Wildman–Crippen LogP) is 4.09. The van der Waals surface area contributed by atoms with E-state index in [2.05, 4.69) is 42.7 Å². The first-order chi connectivity index (χ1) is 11.5. The summed E-state index contributed by atoms with van der Waals surface area (Å²) in [7, 11) is 0. The zero-order valence-corrected chi connectivity index (χ0v) is 15.7. The Morgan fingerprint density at radius 3 is 1.54 bits per heavy atom. The lowest BCUT2D eigenvalue weighted by Gasteiger charge is -2.02. The topological polar surface area (TPSA) is 58.2 Å². The summed E-state index contributed by atoms with van der Waals surface area (Å²) in [5.74, 6) is -0.835. The second kappa shape index (κ2) is 9.20. The van der Waals surface area contributed by atoms with Gasteiger partial charge in [-0.3, -0.25) is 20.4 Å². The molecule has 0 bridgehead atoms. The molecule has 122 valence electrons. The number of carbonyl (C=O) groups is 2. The van der Waals surface area contributed by atoms with Gasteiger partial charge in [0.2, 0.25) is 0 Å². The molecule has 0 atom stereocenters. The Labute approximate surface area is 156 Å². The lowest BCUT2D eigenvalue weighted by atomic mass is 10.2. The van der Waals surface area contributed by atoms with Crippen molar-refractivity contribution in [3.63, 3.8) is 0 Å². The van der Waals surface area contributed by atoms with Gasteiger partial charge in [-0.15, -0.1) is 0 Å². The molecule has 0 saturated carbocycles. The van der Waals surface area contributed by atoms with Gasteiger partial charge in [0.05, 0.1) is 0 Å². The number of nitrogens with one attached hydrogen (secondary N) is 2. The van der Waals surface area contributed by atoms with E-state index in [-0.39, 0.29) is 0 Å². The third-order valence-electron chi connectivity index (χ3n) is 2.86. The molecular formula is C18H14Br2N2O2. The van der Waals surface area contributed by atoms with Crippen molar-refractivity contribution in [2.75, 3.05) is 0 Å². The van der Waals surface area contributed by atoms with Crippen LogP contribution in [-0.2, 0) is 9.59 Å². The average Bonchev–Trinajstić information content (AvgIpc) is 2.56. The molecule has 2 amide bonds. The first kappa shape index (κ1) is 18.2. The van der Waals surface area contributed by atoms with E-state index in [0.29, 0.717) is 0 Å². The summed E-state index contributed by atoms with van der Waals surface area (Å²) in [6, 6.07) is 15.0. The minimum atomic E-state index is -0.417. The maximum Gasteiger partial charge on any atom is 0.262 e. The number of hydrogen-bond acceptors (Lipinski definition) is 2. The quantitative estimate of drug-likeness (QED) is 0.545. The van der Waals surface area contributed by atoms with Crippen LogP contribution in [0.3, 0.4) is 0 Å². The van der Waals surface area contributed by atoms with E-state index in [1.165, 1.54) is 12.2 Å². The van der Waals surface area contributed by atoms with Gasteiger partial charge in [0, 0.05) is 21.1 Å². The Hall–Kier alpha value is -2.18. The Morgan fingerprint density at radius 1 is 0.750 bits per heavy atom. The van der Waals surface area contributed by atoms with Crippen LogP contribution < -0.4 is 10.9 Å². The van der Waals surface area contributed by atoms with Gasteiger partial charge in [-0.2, -0.15) is 0 Å². The number of amides is 2. The van der Waals surface area contributed by atoms with E-state index >= 15 is 0 Å². The van der Waals surface area contributed by atoms with Crippen LogP contribution in [-0.4, -0.2) is 11.8 Å². The van der Waals surface area contributed by atoms with Gasteiger partial charge in [-0.05, 0) is 47.5 Å². The van der Waals surface area contributed by atoms with Crippen LogP contribution in [0.15, 0.2) is 69.6 Å². The van der Waals surface area contributed by atoms with E-state index in [1.54, 1.807) is 12.2 Å². The molecule has 0 aliphatic rings. The van der Waals surface area contributed by atoms with Crippen LogP contribution in [0.2, 0.25) is 0 Å². The van der Waals surface area contributed by atoms with Crippen LogP contribution in [0.4, 0.5) is 0 Å². The van der Waals surface area contributed by atoms with Gasteiger partial charge in [0.1, 0.15) is 0 Å². The average molecular weight is 450 g/mol. The molecule has 24 heavy (non-hydrogen) atoms. The molecule has 2 aromatic carbocycles. The SMILES string of the molecule is O=C(/C=C/c1cccc(Br)c1)NNC(=O)/C=C/c1cccc(Br)c1. The van der Waals surface area contributed by atoms with Crippen molar-refractivity contribution in [3.8, 4) is 0 Å². The van der Waals surface area contributed by atoms with Gasteiger partial charge < -0.3 is 0 Å². The summed E-state index contributed by atoms with van der Waals surface area (Å²) in [4.78, 5) is 23.3. The van der Waals surface area contributed by atoms with Crippen LogP contribution in [0.1, 0.15) is 11.1 Å². The van der Waals surface area contributed by atoms with Crippen molar-refractivity contribution >= 4 is 55.8 Å². The second-order valence-corrected chi connectivity index (χ2v) is 6.59. The molecule has 0 fully saturated rings. The van der Waals surface area contributed by atoms with Crippen LogP contribution in [0.25, 0.3) is 12.2 Å². The van der Waals surface area contributed by atoms with Crippen molar-refractivity contribution in [2.45, 2.75) is 0 Å². The normalized spacial score (nSPS) is 10.9. The molecule has 2 N–H and O–H groups in total. The van der Waals surface area contributed by atoms with Crippen LogP contribution in [0, 0.1) is 0 Å². The lowest BCUT2D eigenvalue weighted by Crippen LogP contribution is -2.39. The van der Waals surface area contributed by atoms with E-state index in [4.69, 9.17) is 0 Å². The lowest BCUT2D eigenvalue weighted by molar-refractivity contribution is -0.123. The number of rotatable bonds is 4. The highest BCUT2D eigenvalue weighted by Gasteiger charge is 1.98. The van der Waals surface area contributed by atoms with Gasteiger partial charge in [-0.25, -0.2) is 0 Å². The Balaban J connectivity index is 1.82. The summed E-state index contributed by atoms with van der Waals surface area (Å²) in [5, 5.41) is 0. The fourth-order valence-electron chi connectivity index (χ4n) is 1.77. The number of carbonyl (C=O) groups excluding carboxylic acids is 2. The second-order valence-electron chi connectivity index (χ2n) is 4.76. The van der Waals surface area contributed by atoms with Crippen molar-refractivity contribution in [1.82, 2.24) is 10.9 Å². The molecule has 0 unspecified atom stereocenters. The minimum absolute atomic E-state index is 0.417. The van der Waals surface area contributed by atoms with Crippen molar-refractivity contribution in [1.29, 1.82) is 0 Å². The predicted molar refractivity (Wildman–Crippen MR) is 103 cm³/mol. The minimum Gasteiger partial charge on any atom is -0.268 e. The highest BCUT2D eigenvalue weighted by Crippen LogP contribution is 2.13. The highest BCUT2D eigenvalue weighted by atomic mass is 79.9. The van der Waals surface area contributed by atoms with Crippen LogP contribution >= 0.6 is 31.9 Å². The maximum atomic E-state index is 11.7. The molecule has 2 aromatic rings. The fourth-order valence-corrected chi connectivity index (χ4v) is 2.60. The molecule has 0 saturated heterocycles. The van der Waals surface area contributed by atoms with Gasteiger partial charge in [0.15, 0.2) is 0 Å². The molecule has 0 spiro atoms. The third-order valence-corrected chi connectivity index (χ3v) is 3.85. The van der Waals surface area contributed by atoms with E-state index in [9.17, 15) is 9.59 Å². The zero-order chi connectivity index (χ0) is 17.4. The van der Waals surface area contributed by atoms with Gasteiger partial charge in [-0.1, -0.05) is 56.1 Å². The summed E-state index contributed by atoms with van der Waals surface area (Å²) in [5.41, 5.74) is 6.39. The Kier molecular flexibility index (Phi) is 6.96. The smallest absolute Gasteiger partial charge is 0.262 e. The summed E-state index contributed by atoms with van der Waals surface area (Å²) in [6.45, 7) is 0. The molecule has 2 rings (SSSR count). The summed E-state index contributed by atoms with van der Waals surface area (Å²) >= 11 is 6.72. The van der Waals surface area contributed by atoms with Crippen molar-refractivity contribution in [2.24, 2.45) is 0 Å². The number of halogens is 2. The van der Waals surface area contributed by atoms with E-state index in [0.717, 1.165) is 20.1 Å². The molecule has 6 heteroatoms. The molecular weight excluding hydrogens is 436 g/mol. The fraction of sp³-hybridized carbons (Fsp3) is 0. The van der Waals surface area contributed by atoms with E-state index in [1.807, 2.05) is 48.5 Å². The summed E-state index contributed by atoms with van der Waals surface area (Å²) < 4.78 is 1.85. The molecule has 4 nitrogen and oxygen atoms in total. The molecule has 0 aliphatic carbocycles. The zero-order valence-electron chi connectivity index (χ0n) is 12.5. The first-order valence-corrected chi connectivity index (χ1v) is 8.59. The summed E-state index contributed by atoms with van der Waals surface area (Å²) in [6.07, 6.45) is 6.01. The van der Waals surface area contributed by atoms with Crippen LogP contribution in [0.5, 0.6) is 0 Å². The molecule has 0 aliphatic heterocycles. The maximum absolute atomic E-state index is 11.7. The van der Waals surface area contributed by atoms with Crippen molar-refractivity contribution < 1.29 is 9.59 Å². The number of hydrogen-bond donors (Lipinski definition) is 2. The molecule has 0 aromatic heterocycles. The Morgan fingerprint density at radius 2 is 1.17 bits per heavy atom.